The molecule has 0 amide bonds. The number of phenols is 2. The van der Waals surface area contributed by atoms with Gasteiger partial charge in [-0.05, 0) is 24.3 Å². The molecular formula is C15H15NO4. The maximum Gasteiger partial charge on any atom is 0.343 e. The van der Waals surface area contributed by atoms with Crippen LogP contribution in [0.1, 0.15) is 10.4 Å². The van der Waals surface area contributed by atoms with Crippen LogP contribution in [-0.4, -0.2) is 30.3 Å². The first-order valence-electron chi connectivity index (χ1n) is 5.98. The fourth-order valence-electron chi connectivity index (χ4n) is 1.94. The summed E-state index contributed by atoms with van der Waals surface area (Å²) < 4.78 is 4.66. The fourth-order valence-corrected chi connectivity index (χ4v) is 1.94. The molecule has 0 unspecified atom stereocenters. The van der Waals surface area contributed by atoms with Crippen LogP contribution >= 0.6 is 0 Å². The molecular weight excluding hydrogens is 258 g/mol. The quantitative estimate of drug-likeness (QED) is 0.664. The third-order valence-electron chi connectivity index (χ3n) is 3.03. The van der Waals surface area contributed by atoms with Gasteiger partial charge in [0.2, 0.25) is 0 Å². The molecule has 2 aromatic carbocycles. The van der Waals surface area contributed by atoms with E-state index in [4.69, 9.17) is 0 Å². The van der Waals surface area contributed by atoms with Crippen LogP contribution in [0.5, 0.6) is 11.5 Å². The fraction of sp³-hybridized carbons (Fsp3) is 0.133. The van der Waals surface area contributed by atoms with E-state index in [0.29, 0.717) is 5.69 Å². The lowest BCUT2D eigenvalue weighted by molar-refractivity contribution is 0.0597. The Labute approximate surface area is 116 Å². The third kappa shape index (κ3) is 2.38. The van der Waals surface area contributed by atoms with E-state index >= 15 is 0 Å². The first-order chi connectivity index (χ1) is 9.56. The van der Waals surface area contributed by atoms with Crippen molar-refractivity contribution in [2.24, 2.45) is 0 Å². The summed E-state index contributed by atoms with van der Waals surface area (Å²) in [4.78, 5) is 13.6. The Morgan fingerprint density at radius 3 is 2.35 bits per heavy atom. The van der Waals surface area contributed by atoms with Crippen molar-refractivity contribution in [3.8, 4) is 11.5 Å². The van der Waals surface area contributed by atoms with Gasteiger partial charge in [-0.15, -0.1) is 0 Å². The molecule has 0 bridgehead atoms. The number of anilines is 2. The van der Waals surface area contributed by atoms with Crippen LogP contribution in [0.15, 0.2) is 42.5 Å². The van der Waals surface area contributed by atoms with Crippen molar-refractivity contribution in [3.63, 3.8) is 0 Å². The predicted octanol–water partition coefficient (Wildman–Crippen LogP) is 2.65. The van der Waals surface area contributed by atoms with E-state index in [-0.39, 0.29) is 11.3 Å². The zero-order chi connectivity index (χ0) is 14.7. The number of esters is 1. The lowest BCUT2D eigenvalue weighted by Gasteiger charge is -2.22. The van der Waals surface area contributed by atoms with Gasteiger partial charge in [-0.3, -0.25) is 0 Å². The number of carbonyl (C=O) groups is 1. The number of aromatic hydroxyl groups is 2. The molecule has 0 radical (unpaired) electrons. The van der Waals surface area contributed by atoms with Crippen LogP contribution < -0.4 is 4.90 Å². The van der Waals surface area contributed by atoms with Crippen molar-refractivity contribution < 1.29 is 19.7 Å². The molecule has 0 aliphatic rings. The number of benzene rings is 2. The first kappa shape index (κ1) is 13.7. The minimum absolute atomic E-state index is 0.0705. The number of rotatable bonds is 3. The Hall–Kier alpha value is -2.69. The van der Waals surface area contributed by atoms with Crippen molar-refractivity contribution in [3.05, 3.63) is 48.0 Å². The topological polar surface area (TPSA) is 70.0 Å². The maximum atomic E-state index is 11.8. The van der Waals surface area contributed by atoms with Crippen molar-refractivity contribution in [2.45, 2.75) is 0 Å². The number of ether oxygens (including phenoxy) is 1. The Morgan fingerprint density at radius 2 is 1.75 bits per heavy atom. The van der Waals surface area contributed by atoms with E-state index in [1.165, 1.54) is 13.2 Å². The van der Waals surface area contributed by atoms with Gasteiger partial charge in [-0.2, -0.15) is 0 Å². The second-order valence-corrected chi connectivity index (χ2v) is 4.21. The molecule has 0 spiro atoms. The summed E-state index contributed by atoms with van der Waals surface area (Å²) in [6.07, 6.45) is 0. The van der Waals surface area contributed by atoms with E-state index in [1.54, 1.807) is 18.0 Å². The van der Waals surface area contributed by atoms with Gasteiger partial charge in [0.25, 0.3) is 0 Å². The lowest BCUT2D eigenvalue weighted by Crippen LogP contribution is -2.15. The smallest absolute Gasteiger partial charge is 0.343 e. The molecule has 5 heteroatoms. The van der Waals surface area contributed by atoms with Gasteiger partial charge < -0.3 is 19.8 Å². The predicted molar refractivity (Wildman–Crippen MR) is 75.6 cm³/mol. The number of methoxy groups -OCH3 is 1. The molecule has 0 fully saturated rings. The van der Waals surface area contributed by atoms with Gasteiger partial charge in [-0.25, -0.2) is 4.79 Å². The highest BCUT2D eigenvalue weighted by Gasteiger charge is 2.22. The van der Waals surface area contributed by atoms with Crippen molar-refractivity contribution >= 4 is 17.3 Å². The van der Waals surface area contributed by atoms with Gasteiger partial charge in [-0.1, -0.05) is 18.2 Å². The number of para-hydroxylation sites is 1. The molecule has 0 aliphatic heterocycles. The summed E-state index contributed by atoms with van der Waals surface area (Å²) in [7, 11) is 2.98. The monoisotopic (exact) mass is 273 g/mol. The van der Waals surface area contributed by atoms with Gasteiger partial charge in [0.05, 0.1) is 12.8 Å². The average molecular weight is 273 g/mol. The van der Waals surface area contributed by atoms with Crippen molar-refractivity contribution in [1.82, 2.24) is 0 Å². The number of hydrogen-bond acceptors (Lipinski definition) is 5. The largest absolute Gasteiger partial charge is 0.504 e. The highest BCUT2D eigenvalue weighted by Crippen LogP contribution is 2.38. The van der Waals surface area contributed by atoms with Gasteiger partial charge >= 0.3 is 5.97 Å². The summed E-state index contributed by atoms with van der Waals surface area (Å²) in [6, 6.07) is 12.2. The Balaban J connectivity index is 2.57. The average Bonchev–Trinajstić information content (AvgIpc) is 2.49. The maximum absolute atomic E-state index is 11.8. The highest BCUT2D eigenvalue weighted by atomic mass is 16.5. The van der Waals surface area contributed by atoms with Gasteiger partial charge in [0.15, 0.2) is 11.5 Å². The molecule has 0 atom stereocenters. The highest BCUT2D eigenvalue weighted by molar-refractivity contribution is 6.00. The van der Waals surface area contributed by atoms with E-state index < -0.39 is 11.7 Å². The molecule has 104 valence electrons. The van der Waals surface area contributed by atoms with Crippen LogP contribution in [0.25, 0.3) is 0 Å². The van der Waals surface area contributed by atoms with Crippen molar-refractivity contribution in [1.29, 1.82) is 0 Å². The van der Waals surface area contributed by atoms with Crippen LogP contribution in [0.2, 0.25) is 0 Å². The second-order valence-electron chi connectivity index (χ2n) is 4.21. The summed E-state index contributed by atoms with van der Waals surface area (Å²) in [5, 5.41) is 19.4. The van der Waals surface area contributed by atoms with E-state index in [0.717, 1.165) is 5.69 Å². The van der Waals surface area contributed by atoms with Crippen LogP contribution in [0, 0.1) is 0 Å². The first-order valence-corrected chi connectivity index (χ1v) is 5.98. The van der Waals surface area contributed by atoms with Crippen LogP contribution in [0.4, 0.5) is 11.4 Å². The minimum atomic E-state index is -0.712. The van der Waals surface area contributed by atoms with E-state index in [9.17, 15) is 15.0 Å². The minimum Gasteiger partial charge on any atom is -0.504 e. The molecule has 0 aromatic heterocycles. The van der Waals surface area contributed by atoms with E-state index in [2.05, 4.69) is 4.74 Å². The van der Waals surface area contributed by atoms with Crippen LogP contribution in [0.3, 0.4) is 0 Å². The van der Waals surface area contributed by atoms with Gasteiger partial charge in [0.1, 0.15) is 5.56 Å². The standard InChI is InChI=1S/C15H15NO4/c1-16(10-6-4-3-5-7-10)11-8-9-12(17)14(18)13(11)15(19)20-2/h3-9,17-18H,1-2H3. The van der Waals surface area contributed by atoms with Crippen molar-refractivity contribution in [2.75, 3.05) is 19.1 Å². The Bertz CT molecular complexity index is 625. The van der Waals surface area contributed by atoms with Gasteiger partial charge in [0, 0.05) is 12.7 Å². The lowest BCUT2D eigenvalue weighted by atomic mass is 10.1. The molecule has 0 heterocycles. The Morgan fingerprint density at radius 1 is 1.10 bits per heavy atom. The molecule has 20 heavy (non-hydrogen) atoms. The summed E-state index contributed by atoms with van der Waals surface area (Å²) in [5.74, 6) is -1.57. The second kappa shape index (κ2) is 5.52. The third-order valence-corrected chi connectivity index (χ3v) is 3.03. The molecule has 0 saturated heterocycles. The molecule has 2 aromatic rings. The molecule has 0 saturated carbocycles. The zero-order valence-electron chi connectivity index (χ0n) is 11.2. The zero-order valence-corrected chi connectivity index (χ0v) is 11.2. The summed E-state index contributed by atoms with van der Waals surface area (Å²) in [5.41, 5.74) is 1.21. The SMILES string of the molecule is COC(=O)c1c(N(C)c2ccccc2)ccc(O)c1O. The number of hydrogen-bond donors (Lipinski definition) is 2. The summed E-state index contributed by atoms with van der Waals surface area (Å²) in [6.45, 7) is 0. The number of phenolic OH excluding ortho intramolecular Hbond substituents is 2. The number of nitrogens with zero attached hydrogens (tertiary/aromatic N) is 1. The molecule has 2 N–H and O–H groups in total. The molecule has 0 aliphatic carbocycles. The van der Waals surface area contributed by atoms with E-state index in [1.807, 2.05) is 30.3 Å². The molecule has 5 nitrogen and oxygen atoms in total. The van der Waals surface area contributed by atoms with Crippen LogP contribution in [-0.2, 0) is 4.74 Å². The molecule has 2 rings (SSSR count). The Kier molecular flexibility index (Phi) is 3.79. The number of carbonyl (C=O) groups excluding carboxylic acids is 1. The summed E-state index contributed by atoms with van der Waals surface area (Å²) >= 11 is 0. The normalized spacial score (nSPS) is 10.1.